The first-order chi connectivity index (χ1) is 12.8. The molecule has 2 aliphatic rings. The number of anilines is 1. The number of aryl methyl sites for hydroxylation is 1. The topological polar surface area (TPSA) is 66.8 Å². The highest BCUT2D eigenvalue weighted by molar-refractivity contribution is 8.16. The van der Waals surface area contributed by atoms with Gasteiger partial charge in [0.15, 0.2) is 15.0 Å². The lowest BCUT2D eigenvalue weighted by Crippen LogP contribution is -2.37. The van der Waals surface area contributed by atoms with E-state index >= 15 is 0 Å². The van der Waals surface area contributed by atoms with E-state index in [0.717, 1.165) is 5.56 Å². The van der Waals surface area contributed by atoms with Gasteiger partial charge in [0.2, 0.25) is 0 Å². The van der Waals surface area contributed by atoms with Crippen molar-refractivity contribution in [2.45, 2.75) is 18.2 Å². The summed E-state index contributed by atoms with van der Waals surface area (Å²) in [4.78, 5) is 18.7. The Morgan fingerprint density at radius 3 is 2.63 bits per heavy atom. The molecular weight excluding hydrogens is 387 g/mol. The second-order valence-corrected chi connectivity index (χ2v) is 10.1. The molecule has 8 heteroatoms. The molecule has 1 amide bonds. The van der Waals surface area contributed by atoms with Gasteiger partial charge in [-0.2, -0.15) is 4.99 Å². The summed E-state index contributed by atoms with van der Waals surface area (Å²) < 4.78 is 37.4. The van der Waals surface area contributed by atoms with Crippen LogP contribution in [0, 0.1) is 12.7 Å². The molecule has 27 heavy (non-hydrogen) atoms. The molecule has 0 spiro atoms. The SMILES string of the molecule is Cc1cccc(C(=O)N=C2SC3CS(=O)(=O)CC3N2c2ccc(F)cc2)c1. The fraction of sp³-hybridized carbons (Fsp3) is 0.263. The monoisotopic (exact) mass is 404 g/mol. The number of carbonyl (C=O) groups excluding carboxylic acids is 1. The first-order valence-electron chi connectivity index (χ1n) is 8.44. The van der Waals surface area contributed by atoms with Gasteiger partial charge >= 0.3 is 0 Å². The summed E-state index contributed by atoms with van der Waals surface area (Å²) in [5.74, 6) is -0.705. The summed E-state index contributed by atoms with van der Waals surface area (Å²) in [5, 5.41) is 0.266. The third-order valence-corrected chi connectivity index (χ3v) is 7.84. The van der Waals surface area contributed by atoms with Gasteiger partial charge in [0, 0.05) is 16.5 Å². The molecule has 2 fully saturated rings. The Labute approximate surface area is 161 Å². The minimum atomic E-state index is -3.14. The summed E-state index contributed by atoms with van der Waals surface area (Å²) in [7, 11) is -3.14. The molecular formula is C19H17FN2O3S2. The van der Waals surface area contributed by atoms with E-state index in [-0.39, 0.29) is 34.5 Å². The van der Waals surface area contributed by atoms with Crippen LogP contribution in [0.25, 0.3) is 0 Å². The molecule has 0 radical (unpaired) electrons. The molecule has 2 heterocycles. The van der Waals surface area contributed by atoms with Gasteiger partial charge in [-0.1, -0.05) is 29.5 Å². The zero-order chi connectivity index (χ0) is 19.2. The number of hydrogen-bond donors (Lipinski definition) is 0. The zero-order valence-corrected chi connectivity index (χ0v) is 16.1. The smallest absolute Gasteiger partial charge is 0.279 e. The van der Waals surface area contributed by atoms with Gasteiger partial charge in [0.1, 0.15) is 5.82 Å². The van der Waals surface area contributed by atoms with Gasteiger partial charge in [0.05, 0.1) is 17.5 Å². The zero-order valence-electron chi connectivity index (χ0n) is 14.5. The van der Waals surface area contributed by atoms with Gasteiger partial charge in [-0.3, -0.25) is 4.79 Å². The predicted octanol–water partition coefficient (Wildman–Crippen LogP) is 3.05. The summed E-state index contributed by atoms with van der Waals surface area (Å²) in [5.41, 5.74) is 2.06. The number of aliphatic imine (C=N–C) groups is 1. The van der Waals surface area contributed by atoms with Crippen LogP contribution in [0.3, 0.4) is 0 Å². The molecule has 2 aromatic carbocycles. The Bertz CT molecular complexity index is 1040. The van der Waals surface area contributed by atoms with Crippen LogP contribution in [0.4, 0.5) is 10.1 Å². The van der Waals surface area contributed by atoms with E-state index in [1.165, 1.54) is 23.9 Å². The molecule has 2 saturated heterocycles. The lowest BCUT2D eigenvalue weighted by atomic mass is 10.1. The lowest BCUT2D eigenvalue weighted by molar-refractivity contribution is 0.100. The number of amides is 1. The van der Waals surface area contributed by atoms with Gasteiger partial charge in [-0.25, -0.2) is 12.8 Å². The fourth-order valence-corrected chi connectivity index (χ4v) is 7.31. The van der Waals surface area contributed by atoms with Crippen molar-refractivity contribution < 1.29 is 17.6 Å². The van der Waals surface area contributed by atoms with Crippen LogP contribution in [0.15, 0.2) is 53.5 Å². The highest BCUT2D eigenvalue weighted by atomic mass is 32.2. The van der Waals surface area contributed by atoms with Crippen LogP contribution in [0.2, 0.25) is 0 Å². The van der Waals surface area contributed by atoms with Crippen LogP contribution in [0.5, 0.6) is 0 Å². The number of carbonyl (C=O) groups is 1. The Kier molecular flexibility index (Phi) is 4.55. The maximum Gasteiger partial charge on any atom is 0.279 e. The average Bonchev–Trinajstić information content (AvgIpc) is 3.07. The van der Waals surface area contributed by atoms with Crippen molar-refractivity contribution in [3.63, 3.8) is 0 Å². The summed E-state index contributed by atoms with van der Waals surface area (Å²) in [6, 6.07) is 12.6. The number of sulfone groups is 1. The first-order valence-corrected chi connectivity index (χ1v) is 11.1. The van der Waals surface area contributed by atoms with Crippen molar-refractivity contribution in [1.29, 1.82) is 0 Å². The molecule has 0 aliphatic carbocycles. The highest BCUT2D eigenvalue weighted by Crippen LogP contribution is 2.41. The number of benzene rings is 2. The van der Waals surface area contributed by atoms with Crippen molar-refractivity contribution in [3.8, 4) is 0 Å². The van der Waals surface area contributed by atoms with Crippen molar-refractivity contribution >= 4 is 38.4 Å². The highest BCUT2D eigenvalue weighted by Gasteiger charge is 2.49. The fourth-order valence-electron chi connectivity index (χ4n) is 3.40. The van der Waals surface area contributed by atoms with Crippen molar-refractivity contribution in [2.75, 3.05) is 16.4 Å². The molecule has 4 rings (SSSR count). The van der Waals surface area contributed by atoms with E-state index in [1.54, 1.807) is 35.2 Å². The summed E-state index contributed by atoms with van der Waals surface area (Å²) in [6.07, 6.45) is 0. The number of rotatable bonds is 2. The Hall–Kier alpha value is -2.19. The summed E-state index contributed by atoms with van der Waals surface area (Å²) in [6.45, 7) is 1.90. The standard InChI is InChI=1S/C19H17FN2O3S2/c1-12-3-2-4-13(9-12)18(23)21-19-22(15-7-5-14(20)6-8-15)16-10-27(24,25)11-17(16)26-19/h2-9,16-17H,10-11H2,1H3. The van der Waals surface area contributed by atoms with Gasteiger partial charge in [0.25, 0.3) is 5.91 Å². The van der Waals surface area contributed by atoms with E-state index < -0.39 is 9.84 Å². The maximum absolute atomic E-state index is 13.3. The Morgan fingerprint density at radius 1 is 1.19 bits per heavy atom. The van der Waals surface area contributed by atoms with Crippen LogP contribution in [0.1, 0.15) is 15.9 Å². The van der Waals surface area contributed by atoms with Crippen molar-refractivity contribution in [2.24, 2.45) is 4.99 Å². The van der Waals surface area contributed by atoms with E-state index in [4.69, 9.17) is 0 Å². The molecule has 140 valence electrons. The third-order valence-electron chi connectivity index (χ3n) is 4.63. The third kappa shape index (κ3) is 3.64. The van der Waals surface area contributed by atoms with Gasteiger partial charge in [-0.05, 0) is 43.3 Å². The largest absolute Gasteiger partial charge is 0.316 e. The van der Waals surface area contributed by atoms with Crippen LogP contribution in [-0.2, 0) is 9.84 Å². The molecule has 0 bridgehead atoms. The Balaban J connectivity index is 1.72. The second kappa shape index (κ2) is 6.76. The molecule has 5 nitrogen and oxygen atoms in total. The minimum absolute atomic E-state index is 0.000299. The number of fused-ring (bicyclic) bond motifs is 1. The normalized spacial score (nSPS) is 25.0. The maximum atomic E-state index is 13.3. The quantitative estimate of drug-likeness (QED) is 0.770. The number of thioether (sulfide) groups is 1. The van der Waals surface area contributed by atoms with Crippen LogP contribution in [-0.4, -0.2) is 42.3 Å². The number of amidine groups is 1. The molecule has 0 N–H and O–H groups in total. The molecule has 2 aromatic rings. The number of hydrogen-bond acceptors (Lipinski definition) is 4. The van der Waals surface area contributed by atoms with Gasteiger partial charge in [-0.15, -0.1) is 0 Å². The Morgan fingerprint density at radius 2 is 1.93 bits per heavy atom. The summed E-state index contributed by atoms with van der Waals surface area (Å²) >= 11 is 1.30. The van der Waals surface area contributed by atoms with Crippen molar-refractivity contribution in [3.05, 3.63) is 65.5 Å². The number of halogens is 1. The molecule has 0 aromatic heterocycles. The number of nitrogens with zero attached hydrogens (tertiary/aromatic N) is 2. The lowest BCUT2D eigenvalue weighted by Gasteiger charge is -2.24. The van der Waals surface area contributed by atoms with E-state index in [9.17, 15) is 17.6 Å². The van der Waals surface area contributed by atoms with Crippen molar-refractivity contribution in [1.82, 2.24) is 0 Å². The van der Waals surface area contributed by atoms with Crippen LogP contribution < -0.4 is 4.90 Å². The van der Waals surface area contributed by atoms with E-state index in [2.05, 4.69) is 4.99 Å². The van der Waals surface area contributed by atoms with E-state index in [1.807, 2.05) is 13.0 Å². The van der Waals surface area contributed by atoms with Crippen LogP contribution >= 0.6 is 11.8 Å². The molecule has 2 unspecified atom stereocenters. The van der Waals surface area contributed by atoms with E-state index in [0.29, 0.717) is 16.4 Å². The molecule has 2 atom stereocenters. The molecule has 2 aliphatic heterocycles. The first kappa shape index (κ1) is 18.2. The molecule has 0 saturated carbocycles. The second-order valence-electron chi connectivity index (χ2n) is 6.72. The van der Waals surface area contributed by atoms with Gasteiger partial charge < -0.3 is 4.90 Å². The minimum Gasteiger partial charge on any atom is -0.316 e. The average molecular weight is 404 g/mol. The predicted molar refractivity (Wildman–Crippen MR) is 106 cm³/mol.